The summed E-state index contributed by atoms with van der Waals surface area (Å²) in [6.07, 6.45) is 6.42. The van der Waals surface area contributed by atoms with Crippen molar-refractivity contribution >= 4 is 11.7 Å². The van der Waals surface area contributed by atoms with Gasteiger partial charge < -0.3 is 10.6 Å². The summed E-state index contributed by atoms with van der Waals surface area (Å²) in [5.41, 5.74) is 7.37. The zero-order chi connectivity index (χ0) is 15.4. The highest BCUT2D eigenvalue weighted by Crippen LogP contribution is 2.25. The van der Waals surface area contributed by atoms with Crippen LogP contribution in [0.25, 0.3) is 0 Å². The molecule has 0 saturated heterocycles. The van der Waals surface area contributed by atoms with Gasteiger partial charge in [-0.3, -0.25) is 4.79 Å². The van der Waals surface area contributed by atoms with E-state index in [9.17, 15) is 4.79 Å². The van der Waals surface area contributed by atoms with Gasteiger partial charge in [0, 0.05) is 24.8 Å². The van der Waals surface area contributed by atoms with Crippen LogP contribution in [0.15, 0.2) is 12.1 Å². The van der Waals surface area contributed by atoms with Gasteiger partial charge in [0.1, 0.15) is 5.82 Å². The van der Waals surface area contributed by atoms with Gasteiger partial charge in [0.15, 0.2) is 0 Å². The Bertz CT molecular complexity index is 493. The molecule has 1 aliphatic rings. The number of nitrogens with zero attached hydrogens (tertiary/aromatic N) is 2. The number of aromatic nitrogens is 1. The van der Waals surface area contributed by atoms with Gasteiger partial charge in [0.05, 0.1) is 0 Å². The maximum absolute atomic E-state index is 12.6. The van der Waals surface area contributed by atoms with E-state index in [2.05, 4.69) is 18.8 Å². The lowest BCUT2D eigenvalue weighted by Crippen LogP contribution is -2.32. The molecule has 2 rings (SSSR count). The summed E-state index contributed by atoms with van der Waals surface area (Å²) >= 11 is 0. The van der Waals surface area contributed by atoms with Gasteiger partial charge in [-0.15, -0.1) is 0 Å². The van der Waals surface area contributed by atoms with Crippen molar-refractivity contribution in [1.29, 1.82) is 0 Å². The number of carbonyl (C=O) groups excluding carboxylic acids is 1. The van der Waals surface area contributed by atoms with Crippen molar-refractivity contribution in [2.45, 2.75) is 51.9 Å². The van der Waals surface area contributed by atoms with E-state index in [1.807, 2.05) is 18.0 Å². The normalized spacial score (nSPS) is 16.2. The van der Waals surface area contributed by atoms with Crippen LogP contribution < -0.4 is 5.73 Å². The van der Waals surface area contributed by atoms with Crippen molar-refractivity contribution in [2.75, 3.05) is 19.3 Å². The van der Waals surface area contributed by atoms with Crippen molar-refractivity contribution in [3.8, 4) is 0 Å². The van der Waals surface area contributed by atoms with Gasteiger partial charge in [0.25, 0.3) is 5.91 Å². The second-order valence-electron chi connectivity index (χ2n) is 6.55. The smallest absolute Gasteiger partial charge is 0.253 e. The van der Waals surface area contributed by atoms with E-state index in [1.165, 1.54) is 32.1 Å². The lowest BCUT2D eigenvalue weighted by Gasteiger charge is -2.27. The Morgan fingerprint density at radius 2 is 2.00 bits per heavy atom. The lowest BCUT2D eigenvalue weighted by atomic mass is 9.89. The van der Waals surface area contributed by atoms with Crippen LogP contribution in [0.2, 0.25) is 0 Å². The van der Waals surface area contributed by atoms with Crippen molar-refractivity contribution in [2.24, 2.45) is 5.92 Å². The van der Waals surface area contributed by atoms with E-state index in [0.717, 1.165) is 12.2 Å². The number of anilines is 1. The molecule has 0 aliphatic heterocycles. The summed E-state index contributed by atoms with van der Waals surface area (Å²) in [7, 11) is 1.89. The molecule has 1 aliphatic carbocycles. The van der Waals surface area contributed by atoms with E-state index < -0.39 is 0 Å². The Morgan fingerprint density at radius 1 is 1.33 bits per heavy atom. The average Bonchev–Trinajstić information content (AvgIpc) is 2.46. The fraction of sp³-hybridized carbons (Fsp3) is 0.647. The van der Waals surface area contributed by atoms with Crippen molar-refractivity contribution in [3.05, 3.63) is 23.4 Å². The Kier molecular flexibility index (Phi) is 5.21. The number of hydrogen-bond donors (Lipinski definition) is 1. The highest BCUT2D eigenvalue weighted by Gasteiger charge is 2.20. The van der Waals surface area contributed by atoms with Crippen LogP contribution in [0, 0.1) is 5.92 Å². The molecule has 116 valence electrons. The molecule has 2 N–H and O–H groups in total. The molecule has 4 nitrogen and oxygen atoms in total. The highest BCUT2D eigenvalue weighted by atomic mass is 16.2. The first kappa shape index (κ1) is 15.8. The van der Waals surface area contributed by atoms with Crippen LogP contribution in [0.1, 0.15) is 67.9 Å². The number of nitrogen functional groups attached to an aromatic ring is 1. The van der Waals surface area contributed by atoms with Crippen LogP contribution in [-0.2, 0) is 0 Å². The SMILES string of the molecule is CC(C)c1cc(C(=O)N(C)CC2CCCCC2)cc(N)n1. The molecule has 0 radical (unpaired) electrons. The van der Waals surface area contributed by atoms with E-state index in [-0.39, 0.29) is 11.8 Å². The molecule has 1 heterocycles. The highest BCUT2D eigenvalue weighted by molar-refractivity contribution is 5.94. The molecule has 1 saturated carbocycles. The lowest BCUT2D eigenvalue weighted by molar-refractivity contribution is 0.0760. The van der Waals surface area contributed by atoms with Gasteiger partial charge in [-0.05, 0) is 36.8 Å². The molecule has 0 aromatic carbocycles. The predicted octanol–water partition coefficient (Wildman–Crippen LogP) is 3.44. The third-order valence-electron chi connectivity index (χ3n) is 4.31. The van der Waals surface area contributed by atoms with Gasteiger partial charge in [-0.2, -0.15) is 0 Å². The molecule has 0 atom stereocenters. The Hall–Kier alpha value is -1.58. The first-order chi connectivity index (χ1) is 9.97. The molecule has 1 aromatic heterocycles. The number of pyridine rings is 1. The topological polar surface area (TPSA) is 59.2 Å². The molecular weight excluding hydrogens is 262 g/mol. The summed E-state index contributed by atoms with van der Waals surface area (Å²) in [6, 6.07) is 3.56. The standard InChI is InChI=1S/C17H27N3O/c1-12(2)15-9-14(10-16(18)19-15)17(21)20(3)11-13-7-5-4-6-8-13/h9-10,12-13H,4-8,11H2,1-3H3,(H2,18,19). The second kappa shape index (κ2) is 6.92. The van der Waals surface area contributed by atoms with Crippen molar-refractivity contribution < 1.29 is 4.79 Å². The number of carbonyl (C=O) groups is 1. The minimum atomic E-state index is 0.0524. The van der Waals surface area contributed by atoms with Gasteiger partial charge in [-0.25, -0.2) is 4.98 Å². The monoisotopic (exact) mass is 289 g/mol. The largest absolute Gasteiger partial charge is 0.384 e. The molecule has 21 heavy (non-hydrogen) atoms. The van der Waals surface area contributed by atoms with Crippen LogP contribution in [0.4, 0.5) is 5.82 Å². The Balaban J connectivity index is 2.07. The zero-order valence-corrected chi connectivity index (χ0v) is 13.4. The van der Waals surface area contributed by atoms with Crippen LogP contribution in [0.5, 0.6) is 0 Å². The fourth-order valence-corrected chi connectivity index (χ4v) is 3.05. The quantitative estimate of drug-likeness (QED) is 0.923. The van der Waals surface area contributed by atoms with Gasteiger partial charge >= 0.3 is 0 Å². The fourth-order valence-electron chi connectivity index (χ4n) is 3.05. The first-order valence-corrected chi connectivity index (χ1v) is 8.00. The molecular formula is C17H27N3O. The number of amides is 1. The molecule has 0 spiro atoms. The maximum Gasteiger partial charge on any atom is 0.253 e. The minimum absolute atomic E-state index is 0.0524. The summed E-state index contributed by atoms with van der Waals surface area (Å²) in [4.78, 5) is 18.7. The Labute approximate surface area is 127 Å². The summed E-state index contributed by atoms with van der Waals surface area (Å²) < 4.78 is 0. The number of rotatable bonds is 4. The molecule has 0 bridgehead atoms. The third-order valence-corrected chi connectivity index (χ3v) is 4.31. The van der Waals surface area contributed by atoms with Crippen molar-refractivity contribution in [3.63, 3.8) is 0 Å². The first-order valence-electron chi connectivity index (χ1n) is 8.00. The van der Waals surface area contributed by atoms with E-state index in [0.29, 0.717) is 17.3 Å². The van der Waals surface area contributed by atoms with Crippen molar-refractivity contribution in [1.82, 2.24) is 9.88 Å². The van der Waals surface area contributed by atoms with Crippen LogP contribution in [0.3, 0.4) is 0 Å². The van der Waals surface area contributed by atoms with Crippen LogP contribution >= 0.6 is 0 Å². The second-order valence-corrected chi connectivity index (χ2v) is 6.55. The molecule has 4 heteroatoms. The maximum atomic E-state index is 12.6. The molecule has 1 aromatic rings. The molecule has 1 fully saturated rings. The number of hydrogen-bond acceptors (Lipinski definition) is 3. The van der Waals surface area contributed by atoms with E-state index >= 15 is 0 Å². The molecule has 0 unspecified atom stereocenters. The van der Waals surface area contributed by atoms with E-state index in [1.54, 1.807) is 6.07 Å². The summed E-state index contributed by atoms with van der Waals surface area (Å²) in [5.74, 6) is 1.40. The van der Waals surface area contributed by atoms with Crippen LogP contribution in [-0.4, -0.2) is 29.4 Å². The van der Waals surface area contributed by atoms with Gasteiger partial charge in [0.2, 0.25) is 0 Å². The Morgan fingerprint density at radius 3 is 2.62 bits per heavy atom. The van der Waals surface area contributed by atoms with E-state index in [4.69, 9.17) is 5.73 Å². The third kappa shape index (κ3) is 4.19. The predicted molar refractivity (Wildman–Crippen MR) is 86.3 cm³/mol. The zero-order valence-electron chi connectivity index (χ0n) is 13.4. The van der Waals surface area contributed by atoms with Gasteiger partial charge in [-0.1, -0.05) is 33.1 Å². The molecule has 1 amide bonds. The summed E-state index contributed by atoms with van der Waals surface area (Å²) in [5, 5.41) is 0. The summed E-state index contributed by atoms with van der Waals surface area (Å²) in [6.45, 7) is 4.96. The minimum Gasteiger partial charge on any atom is -0.384 e. The number of nitrogens with two attached hydrogens (primary N) is 1. The average molecular weight is 289 g/mol.